The second-order valence-electron chi connectivity index (χ2n) is 5.21. The Labute approximate surface area is 166 Å². The summed E-state index contributed by atoms with van der Waals surface area (Å²) in [5.41, 5.74) is -1.42. The number of pyridine rings is 2. The Balaban J connectivity index is 0.000000215. The molecule has 0 saturated carbocycles. The predicted octanol–water partition coefficient (Wildman–Crippen LogP) is 4.01. The molecular weight excluding hydrogens is 402 g/mol. The molecule has 0 fully saturated rings. The lowest BCUT2D eigenvalue weighted by molar-refractivity contribution is -0.404. The number of nitro benzene ring substituents is 3. The van der Waals surface area contributed by atoms with Gasteiger partial charge < -0.3 is 5.11 Å². The molecule has 0 amide bonds. The number of aromatic nitrogens is 2. The molecule has 14 nitrogen and oxygen atoms in total. The molecule has 0 atom stereocenters. The molecule has 1 aromatic carbocycles. The summed E-state index contributed by atoms with van der Waals surface area (Å²) in [5.74, 6) is -1.21. The number of hydrogen-bond donors (Lipinski definition) is 1. The molecule has 0 aliphatic heterocycles. The van der Waals surface area contributed by atoms with Crippen LogP contribution in [-0.2, 0) is 0 Å². The topological polar surface area (TPSA) is 200 Å². The van der Waals surface area contributed by atoms with Crippen LogP contribution in [0.5, 0.6) is 5.75 Å². The number of non-ortho nitro benzene ring substituents is 1. The van der Waals surface area contributed by atoms with Gasteiger partial charge >= 0.3 is 11.4 Å². The fraction of sp³-hybridized carbons (Fsp3) is 0. The number of phenols is 1. The van der Waals surface area contributed by atoms with Crippen molar-refractivity contribution in [3.63, 3.8) is 0 Å². The Bertz CT molecular complexity index is 1020. The van der Waals surface area contributed by atoms with Crippen LogP contribution >= 0.6 is 0 Å². The molecule has 0 saturated heterocycles. The normalized spacial score (nSPS) is 10.1. The number of rotatable bonds is 5. The van der Waals surface area contributed by atoms with Crippen LogP contribution in [0.4, 0.5) is 28.4 Å². The van der Waals surface area contributed by atoms with E-state index in [0.717, 1.165) is 11.4 Å². The van der Waals surface area contributed by atoms with Gasteiger partial charge in [-0.05, 0) is 24.3 Å². The Hall–Kier alpha value is -4.88. The molecule has 1 N–H and O–H groups in total. The summed E-state index contributed by atoms with van der Waals surface area (Å²) in [6, 6.07) is 8.08. The Morgan fingerprint density at radius 3 is 1.37 bits per heavy atom. The van der Waals surface area contributed by atoms with Gasteiger partial charge in [-0.1, -0.05) is 0 Å². The second-order valence-corrected chi connectivity index (χ2v) is 5.21. The summed E-state index contributed by atoms with van der Waals surface area (Å²) in [6.45, 7) is 0. The summed E-state index contributed by atoms with van der Waals surface area (Å²) in [5, 5.41) is 48.3. The van der Waals surface area contributed by atoms with Crippen LogP contribution in [0.15, 0.2) is 71.4 Å². The monoisotopic (exact) mass is 413 g/mol. The highest BCUT2D eigenvalue weighted by Crippen LogP contribution is 2.38. The smallest absolute Gasteiger partial charge is 0.324 e. The van der Waals surface area contributed by atoms with E-state index in [-0.39, 0.29) is 0 Å². The van der Waals surface area contributed by atoms with Crippen molar-refractivity contribution < 1.29 is 19.9 Å². The third-order valence-electron chi connectivity index (χ3n) is 3.27. The zero-order chi connectivity index (χ0) is 22.1. The average molecular weight is 413 g/mol. The van der Waals surface area contributed by atoms with Crippen molar-refractivity contribution in [2.75, 3.05) is 0 Å². The molecular formula is C16H11N7O7. The highest BCUT2D eigenvalue weighted by molar-refractivity contribution is 5.64. The quantitative estimate of drug-likeness (QED) is 0.364. The molecule has 0 spiro atoms. The number of nitrogens with zero attached hydrogens (tertiary/aromatic N) is 7. The van der Waals surface area contributed by atoms with E-state index in [1.54, 1.807) is 49.1 Å². The van der Waals surface area contributed by atoms with Crippen LogP contribution in [0, 0.1) is 30.3 Å². The summed E-state index contributed by atoms with van der Waals surface area (Å²) in [6.07, 6.45) is 6.73. The Kier molecular flexibility index (Phi) is 7.06. The molecule has 3 rings (SSSR count). The molecule has 0 aliphatic rings. The van der Waals surface area contributed by atoms with E-state index in [1.807, 2.05) is 0 Å². The number of azo groups is 1. The van der Waals surface area contributed by atoms with Gasteiger partial charge in [-0.2, -0.15) is 10.2 Å². The molecule has 0 bridgehead atoms. The zero-order valence-corrected chi connectivity index (χ0v) is 14.8. The van der Waals surface area contributed by atoms with E-state index in [4.69, 9.17) is 5.11 Å². The molecule has 0 aliphatic carbocycles. The highest BCUT2D eigenvalue weighted by Gasteiger charge is 2.30. The maximum absolute atomic E-state index is 10.4. The summed E-state index contributed by atoms with van der Waals surface area (Å²) in [4.78, 5) is 35.5. The first kappa shape index (κ1) is 21.4. The maximum atomic E-state index is 10.4. The molecule has 3 aromatic rings. The third-order valence-corrected chi connectivity index (χ3v) is 3.27. The fourth-order valence-corrected chi connectivity index (χ4v) is 1.91. The summed E-state index contributed by atoms with van der Waals surface area (Å²) in [7, 11) is 0. The van der Waals surface area contributed by atoms with Gasteiger partial charge in [0.1, 0.15) is 0 Å². The van der Waals surface area contributed by atoms with E-state index in [0.29, 0.717) is 12.1 Å². The summed E-state index contributed by atoms with van der Waals surface area (Å²) >= 11 is 0. The molecule has 0 radical (unpaired) electrons. The number of nitro groups is 3. The predicted molar refractivity (Wildman–Crippen MR) is 101 cm³/mol. The van der Waals surface area contributed by atoms with Gasteiger partial charge in [0, 0.05) is 24.8 Å². The molecule has 0 unspecified atom stereocenters. The lowest BCUT2D eigenvalue weighted by Crippen LogP contribution is -1.97. The Morgan fingerprint density at radius 2 is 1.07 bits per heavy atom. The number of phenolic OH excluding ortho intramolecular Hbond substituents is 1. The zero-order valence-electron chi connectivity index (χ0n) is 14.8. The van der Waals surface area contributed by atoms with E-state index < -0.39 is 37.6 Å². The van der Waals surface area contributed by atoms with E-state index in [2.05, 4.69) is 20.2 Å². The highest BCUT2D eigenvalue weighted by atomic mass is 16.6. The molecule has 14 heteroatoms. The average Bonchev–Trinajstić information content (AvgIpc) is 2.74. The van der Waals surface area contributed by atoms with Gasteiger partial charge in [0.2, 0.25) is 0 Å². The minimum atomic E-state index is -1.21. The van der Waals surface area contributed by atoms with Gasteiger partial charge in [-0.3, -0.25) is 40.3 Å². The molecule has 2 aromatic heterocycles. The van der Waals surface area contributed by atoms with Crippen LogP contribution in [-0.4, -0.2) is 29.8 Å². The van der Waals surface area contributed by atoms with Crippen LogP contribution in [0.2, 0.25) is 0 Å². The SMILES string of the molecule is O=[N+]([O-])c1cc([N+](=O)[O-])c(O)c([N+](=O)[O-])c1.c1cc(N=Nc2ccncc2)ccn1. The van der Waals surface area contributed by atoms with Crippen LogP contribution < -0.4 is 0 Å². The van der Waals surface area contributed by atoms with Gasteiger partial charge in [-0.25, -0.2) is 0 Å². The van der Waals surface area contributed by atoms with E-state index >= 15 is 0 Å². The van der Waals surface area contributed by atoms with Crippen molar-refractivity contribution in [2.24, 2.45) is 10.2 Å². The standard InChI is InChI=1S/C10H8N4.C6H3N3O7/c1-5-11-6-2-9(1)13-14-10-3-7-12-8-4-10;10-6-4(8(13)14)1-3(7(11)12)2-5(6)9(15)16/h1-8H;1-2,10H. The maximum Gasteiger partial charge on any atom is 0.324 e. The number of aromatic hydroxyl groups is 1. The van der Waals surface area contributed by atoms with E-state index in [9.17, 15) is 30.3 Å². The van der Waals surface area contributed by atoms with Crippen molar-refractivity contribution in [1.29, 1.82) is 0 Å². The minimum absolute atomic E-state index is 0.447. The lowest BCUT2D eigenvalue weighted by atomic mass is 10.2. The van der Waals surface area contributed by atoms with E-state index in [1.165, 1.54) is 0 Å². The number of benzene rings is 1. The van der Waals surface area contributed by atoms with Crippen molar-refractivity contribution in [1.82, 2.24) is 9.97 Å². The first-order chi connectivity index (χ1) is 14.3. The molecule has 2 heterocycles. The van der Waals surface area contributed by atoms with Crippen molar-refractivity contribution in [3.8, 4) is 5.75 Å². The first-order valence-electron chi connectivity index (χ1n) is 7.81. The lowest BCUT2D eigenvalue weighted by Gasteiger charge is -1.97. The van der Waals surface area contributed by atoms with Crippen molar-refractivity contribution in [3.05, 3.63) is 91.5 Å². The van der Waals surface area contributed by atoms with Gasteiger partial charge in [0.05, 0.1) is 38.3 Å². The Morgan fingerprint density at radius 1 is 0.700 bits per heavy atom. The first-order valence-corrected chi connectivity index (χ1v) is 7.81. The van der Waals surface area contributed by atoms with Crippen LogP contribution in [0.25, 0.3) is 0 Å². The molecule has 30 heavy (non-hydrogen) atoms. The summed E-state index contributed by atoms with van der Waals surface area (Å²) < 4.78 is 0. The van der Waals surface area contributed by atoms with Crippen molar-refractivity contribution in [2.45, 2.75) is 0 Å². The van der Waals surface area contributed by atoms with Crippen molar-refractivity contribution >= 4 is 28.4 Å². The fourth-order valence-electron chi connectivity index (χ4n) is 1.91. The van der Waals surface area contributed by atoms with Crippen LogP contribution in [0.3, 0.4) is 0 Å². The molecule has 152 valence electrons. The number of hydrogen-bond acceptors (Lipinski definition) is 11. The van der Waals surface area contributed by atoms with Gasteiger partial charge in [0.15, 0.2) is 0 Å². The largest absolute Gasteiger partial charge is 0.497 e. The minimum Gasteiger partial charge on any atom is -0.497 e. The van der Waals surface area contributed by atoms with Gasteiger partial charge in [0.25, 0.3) is 11.4 Å². The van der Waals surface area contributed by atoms with Gasteiger partial charge in [-0.15, -0.1) is 0 Å². The second kappa shape index (κ2) is 9.88. The third kappa shape index (κ3) is 5.81. The van der Waals surface area contributed by atoms with Crippen LogP contribution in [0.1, 0.15) is 0 Å².